The first-order valence-corrected chi connectivity index (χ1v) is 6.21. The zero-order valence-corrected chi connectivity index (χ0v) is 10.0. The molecule has 0 saturated heterocycles. The first-order chi connectivity index (χ1) is 7.78. The van der Waals surface area contributed by atoms with E-state index in [4.69, 9.17) is 11.6 Å². The molecule has 4 heteroatoms. The van der Waals surface area contributed by atoms with Crippen molar-refractivity contribution in [2.24, 2.45) is 0 Å². The van der Waals surface area contributed by atoms with Crippen molar-refractivity contribution < 1.29 is 0 Å². The second-order valence-electron chi connectivity index (χ2n) is 4.39. The minimum atomic E-state index is 0.628. The van der Waals surface area contributed by atoms with Crippen LogP contribution in [0.1, 0.15) is 43.5 Å². The average Bonchev–Trinajstić information content (AvgIpc) is 2.58. The largest absolute Gasteiger partial charge is 0.233 e. The second kappa shape index (κ2) is 3.74. The molecule has 2 aromatic rings. The van der Waals surface area contributed by atoms with Crippen molar-refractivity contribution in [1.29, 1.82) is 0 Å². The molecule has 0 spiro atoms. The van der Waals surface area contributed by atoms with Crippen molar-refractivity contribution in [2.45, 2.75) is 38.5 Å². The molecule has 0 bridgehead atoms. The van der Waals surface area contributed by atoms with E-state index in [1.165, 1.54) is 19.3 Å². The van der Waals surface area contributed by atoms with Crippen LogP contribution in [0.5, 0.6) is 0 Å². The Morgan fingerprint density at radius 3 is 2.88 bits per heavy atom. The van der Waals surface area contributed by atoms with Crippen molar-refractivity contribution in [1.82, 2.24) is 14.6 Å². The van der Waals surface area contributed by atoms with E-state index in [0.29, 0.717) is 11.1 Å². The lowest BCUT2D eigenvalue weighted by Gasteiger charge is -2.22. The molecule has 0 aliphatic heterocycles. The van der Waals surface area contributed by atoms with Crippen LogP contribution in [0.15, 0.2) is 12.1 Å². The molecule has 0 radical (unpaired) electrons. The minimum Gasteiger partial charge on any atom is -0.233 e. The molecule has 3 nitrogen and oxygen atoms in total. The van der Waals surface area contributed by atoms with Crippen LogP contribution in [0, 0.1) is 0 Å². The molecule has 16 heavy (non-hydrogen) atoms. The van der Waals surface area contributed by atoms with Gasteiger partial charge in [0.25, 0.3) is 0 Å². The fraction of sp³-hybridized carbons (Fsp3) is 0.500. The van der Waals surface area contributed by atoms with Crippen LogP contribution >= 0.6 is 11.6 Å². The van der Waals surface area contributed by atoms with Crippen molar-refractivity contribution in [2.75, 3.05) is 0 Å². The van der Waals surface area contributed by atoms with Crippen LogP contribution in [0.3, 0.4) is 0 Å². The summed E-state index contributed by atoms with van der Waals surface area (Å²) in [6.07, 6.45) is 4.73. The fourth-order valence-electron chi connectivity index (χ4n) is 2.09. The number of rotatable bonds is 2. The Balaban J connectivity index is 2.12. The summed E-state index contributed by atoms with van der Waals surface area (Å²) >= 11 is 6.18. The van der Waals surface area contributed by atoms with Crippen molar-refractivity contribution in [3.05, 3.63) is 28.7 Å². The zero-order valence-electron chi connectivity index (χ0n) is 9.28. The molecule has 0 aromatic carbocycles. The Morgan fingerprint density at radius 1 is 1.44 bits per heavy atom. The van der Waals surface area contributed by atoms with Gasteiger partial charge in [-0.2, -0.15) is 5.10 Å². The summed E-state index contributed by atoms with van der Waals surface area (Å²) in [6, 6.07) is 3.97. The SMILES string of the molecule is CCc1cc(Cl)n2nc(C3CCC3)cc2n1. The highest BCUT2D eigenvalue weighted by atomic mass is 35.5. The van der Waals surface area contributed by atoms with Gasteiger partial charge in [-0.1, -0.05) is 24.9 Å². The highest BCUT2D eigenvalue weighted by Gasteiger charge is 2.23. The lowest BCUT2D eigenvalue weighted by molar-refractivity contribution is 0.409. The van der Waals surface area contributed by atoms with Crippen LogP contribution in [-0.4, -0.2) is 14.6 Å². The molecule has 0 amide bonds. The van der Waals surface area contributed by atoms with Gasteiger partial charge >= 0.3 is 0 Å². The second-order valence-corrected chi connectivity index (χ2v) is 4.78. The van der Waals surface area contributed by atoms with E-state index < -0.39 is 0 Å². The van der Waals surface area contributed by atoms with E-state index in [-0.39, 0.29) is 0 Å². The molecule has 2 aromatic heterocycles. The summed E-state index contributed by atoms with van der Waals surface area (Å²) < 4.78 is 1.74. The van der Waals surface area contributed by atoms with Gasteiger partial charge in [0.05, 0.1) is 5.69 Å². The van der Waals surface area contributed by atoms with E-state index in [1.807, 2.05) is 6.07 Å². The van der Waals surface area contributed by atoms with Gasteiger partial charge in [-0.25, -0.2) is 9.50 Å². The van der Waals surface area contributed by atoms with Crippen LogP contribution in [0.4, 0.5) is 0 Å². The quantitative estimate of drug-likeness (QED) is 0.749. The number of nitrogens with zero attached hydrogens (tertiary/aromatic N) is 3. The summed E-state index contributed by atoms with van der Waals surface area (Å²) in [5.74, 6) is 0.628. The van der Waals surface area contributed by atoms with Gasteiger partial charge in [0.2, 0.25) is 0 Å². The first kappa shape index (κ1) is 10.1. The van der Waals surface area contributed by atoms with E-state index >= 15 is 0 Å². The predicted octanol–water partition coefficient (Wildman–Crippen LogP) is 3.21. The number of fused-ring (bicyclic) bond motifs is 1. The van der Waals surface area contributed by atoms with Crippen LogP contribution in [-0.2, 0) is 6.42 Å². The monoisotopic (exact) mass is 235 g/mol. The van der Waals surface area contributed by atoms with Gasteiger partial charge in [0, 0.05) is 17.7 Å². The number of halogens is 1. The third-order valence-electron chi connectivity index (χ3n) is 3.34. The van der Waals surface area contributed by atoms with Gasteiger partial charge in [0.15, 0.2) is 5.65 Å². The highest BCUT2D eigenvalue weighted by molar-refractivity contribution is 6.29. The number of hydrogen-bond donors (Lipinski definition) is 0. The maximum absolute atomic E-state index is 6.18. The molecule has 0 N–H and O–H groups in total. The van der Waals surface area contributed by atoms with E-state index in [0.717, 1.165) is 23.5 Å². The standard InChI is InChI=1S/C12H14ClN3/c1-2-9-6-11(13)16-12(14-9)7-10(15-16)8-4-3-5-8/h6-8H,2-5H2,1H3. The molecular weight excluding hydrogens is 222 g/mol. The third kappa shape index (κ3) is 1.50. The normalized spacial score (nSPS) is 16.6. The van der Waals surface area contributed by atoms with Gasteiger partial charge in [-0.3, -0.25) is 0 Å². The topological polar surface area (TPSA) is 30.2 Å². The predicted molar refractivity (Wildman–Crippen MR) is 64.0 cm³/mol. The lowest BCUT2D eigenvalue weighted by atomic mass is 9.83. The Bertz CT molecular complexity index is 528. The van der Waals surface area contributed by atoms with E-state index in [9.17, 15) is 0 Å². The minimum absolute atomic E-state index is 0.628. The Kier molecular flexibility index (Phi) is 2.36. The van der Waals surface area contributed by atoms with Crippen molar-refractivity contribution in [3.8, 4) is 0 Å². The average molecular weight is 236 g/mol. The molecule has 3 rings (SSSR count). The number of hydrogen-bond acceptors (Lipinski definition) is 2. The van der Waals surface area contributed by atoms with Crippen LogP contribution in [0.2, 0.25) is 5.15 Å². The fourth-order valence-corrected chi connectivity index (χ4v) is 2.34. The van der Waals surface area contributed by atoms with E-state index in [2.05, 4.69) is 23.1 Å². The van der Waals surface area contributed by atoms with Gasteiger partial charge in [-0.15, -0.1) is 0 Å². The molecule has 1 saturated carbocycles. The molecule has 0 unspecified atom stereocenters. The molecule has 1 aliphatic carbocycles. The summed E-state index contributed by atoms with van der Waals surface area (Å²) in [7, 11) is 0. The Morgan fingerprint density at radius 2 is 2.25 bits per heavy atom. The number of aromatic nitrogens is 3. The Hall–Kier alpha value is -1.09. The van der Waals surface area contributed by atoms with Gasteiger partial charge < -0.3 is 0 Å². The number of aryl methyl sites for hydroxylation is 1. The maximum atomic E-state index is 6.18. The zero-order chi connectivity index (χ0) is 11.1. The summed E-state index contributed by atoms with van der Waals surface area (Å²) in [5.41, 5.74) is 3.05. The lowest BCUT2D eigenvalue weighted by Crippen LogP contribution is -2.09. The molecule has 1 aliphatic rings. The van der Waals surface area contributed by atoms with Crippen molar-refractivity contribution in [3.63, 3.8) is 0 Å². The van der Waals surface area contributed by atoms with Crippen molar-refractivity contribution >= 4 is 17.2 Å². The third-order valence-corrected chi connectivity index (χ3v) is 3.61. The smallest absolute Gasteiger partial charge is 0.157 e. The summed E-state index contributed by atoms with van der Waals surface area (Å²) in [4.78, 5) is 4.53. The van der Waals surface area contributed by atoms with Gasteiger partial charge in [0.1, 0.15) is 5.15 Å². The molecule has 2 heterocycles. The summed E-state index contributed by atoms with van der Waals surface area (Å²) in [5, 5.41) is 5.19. The Labute approximate surface area is 99.4 Å². The van der Waals surface area contributed by atoms with Crippen LogP contribution < -0.4 is 0 Å². The molecular formula is C12H14ClN3. The molecule has 84 valence electrons. The molecule has 1 fully saturated rings. The van der Waals surface area contributed by atoms with Crippen LogP contribution in [0.25, 0.3) is 5.65 Å². The van der Waals surface area contributed by atoms with E-state index in [1.54, 1.807) is 4.52 Å². The van der Waals surface area contributed by atoms with Gasteiger partial charge in [-0.05, 0) is 25.3 Å². The highest BCUT2D eigenvalue weighted by Crippen LogP contribution is 2.36. The first-order valence-electron chi connectivity index (χ1n) is 5.83. The summed E-state index contributed by atoms with van der Waals surface area (Å²) in [6.45, 7) is 2.08. The maximum Gasteiger partial charge on any atom is 0.157 e. The molecule has 0 atom stereocenters.